The quantitative estimate of drug-likeness (QED) is 0.222. The molecule has 0 saturated carbocycles. The van der Waals surface area contributed by atoms with Crippen LogP contribution in [0.5, 0.6) is 5.75 Å². The second-order valence-electron chi connectivity index (χ2n) is 9.43. The Labute approximate surface area is 236 Å². The highest BCUT2D eigenvalue weighted by Crippen LogP contribution is 2.41. The number of benzene rings is 4. The number of phenols is 1. The van der Waals surface area contributed by atoms with Gasteiger partial charge in [-0.05, 0) is 47.9 Å². The van der Waals surface area contributed by atoms with Gasteiger partial charge in [-0.1, -0.05) is 55.5 Å². The molecule has 0 saturated heterocycles. The number of nitrogens with one attached hydrogen (secondary N) is 1. The number of Topliss-reactive ketones (excluding diaryl/α,β-unsaturated/α-hetero) is 1. The molecule has 1 unspecified atom stereocenters. The van der Waals surface area contributed by atoms with Crippen molar-refractivity contribution in [3.63, 3.8) is 0 Å². The van der Waals surface area contributed by atoms with Crippen LogP contribution in [0, 0.1) is 0 Å². The number of hydrogen-bond donors (Lipinski definition) is 3. The van der Waals surface area contributed by atoms with Gasteiger partial charge in [-0.2, -0.15) is 0 Å². The Balaban J connectivity index is 0.000000210. The highest BCUT2D eigenvalue weighted by Gasteiger charge is 2.21. The van der Waals surface area contributed by atoms with Crippen molar-refractivity contribution in [2.75, 3.05) is 0 Å². The predicted molar refractivity (Wildman–Crippen MR) is 156 cm³/mol. The summed E-state index contributed by atoms with van der Waals surface area (Å²) >= 11 is 0. The van der Waals surface area contributed by atoms with E-state index in [2.05, 4.69) is 5.32 Å². The van der Waals surface area contributed by atoms with Gasteiger partial charge >= 0.3 is 5.97 Å². The molecule has 8 nitrogen and oxygen atoms in total. The van der Waals surface area contributed by atoms with Gasteiger partial charge in [-0.25, -0.2) is 4.79 Å². The first-order chi connectivity index (χ1) is 19.7. The second kappa shape index (κ2) is 12.7. The van der Waals surface area contributed by atoms with Crippen molar-refractivity contribution < 1.29 is 29.0 Å². The maximum atomic E-state index is 11.7. The molecule has 2 aliphatic rings. The fourth-order valence-corrected chi connectivity index (χ4v) is 4.62. The molecule has 0 radical (unpaired) electrons. The molecule has 1 amide bonds. The first kappa shape index (κ1) is 28.8. The minimum Gasteiger partial charge on any atom is -0.508 e. The minimum atomic E-state index is -1.04. The molecule has 1 aliphatic carbocycles. The van der Waals surface area contributed by atoms with E-state index >= 15 is 0 Å². The van der Waals surface area contributed by atoms with E-state index in [-0.39, 0.29) is 28.4 Å². The Bertz CT molecular complexity index is 1740. The van der Waals surface area contributed by atoms with Crippen molar-refractivity contribution in [3.8, 4) is 28.2 Å². The third-order valence-electron chi connectivity index (χ3n) is 6.50. The van der Waals surface area contributed by atoms with Crippen molar-refractivity contribution >= 4 is 28.6 Å². The summed E-state index contributed by atoms with van der Waals surface area (Å²) in [6, 6.07) is 25.0. The molecule has 3 aromatic carbocycles. The minimum absolute atomic E-state index is 0.0198. The zero-order valence-electron chi connectivity index (χ0n) is 22.6. The first-order valence-electron chi connectivity index (χ1n) is 13.0. The van der Waals surface area contributed by atoms with E-state index in [0.717, 1.165) is 5.56 Å². The molecule has 0 bridgehead atoms. The number of phenolic OH excluding ortho intramolecular Hbond substituents is 1. The molecule has 3 aromatic rings. The highest BCUT2D eigenvalue weighted by molar-refractivity contribution is 6.07. The molecule has 0 aromatic heterocycles. The lowest BCUT2D eigenvalue weighted by Crippen LogP contribution is -2.41. The number of amides is 1. The maximum Gasteiger partial charge on any atom is 0.336 e. The van der Waals surface area contributed by atoms with Crippen molar-refractivity contribution in [2.45, 2.75) is 32.7 Å². The zero-order chi connectivity index (χ0) is 29.5. The van der Waals surface area contributed by atoms with E-state index in [1.165, 1.54) is 37.3 Å². The van der Waals surface area contributed by atoms with Crippen LogP contribution in [0.15, 0.2) is 100 Å². The summed E-state index contributed by atoms with van der Waals surface area (Å²) in [5, 5.41) is 22.6. The number of hydrogen-bond acceptors (Lipinski definition) is 6. The fourth-order valence-electron chi connectivity index (χ4n) is 4.62. The number of carbonyl (C=O) groups excluding carboxylic acids is 2. The molecule has 0 spiro atoms. The molecule has 8 heteroatoms. The molecule has 41 heavy (non-hydrogen) atoms. The average molecular weight is 552 g/mol. The predicted octanol–water partition coefficient (Wildman–Crippen LogP) is 5.68. The number of carbonyl (C=O) groups is 3. The molecule has 1 aliphatic heterocycles. The molecule has 5 rings (SSSR count). The van der Waals surface area contributed by atoms with E-state index < -0.39 is 12.0 Å². The van der Waals surface area contributed by atoms with Crippen LogP contribution < -0.4 is 10.7 Å². The number of aromatic carboxylic acids is 1. The summed E-state index contributed by atoms with van der Waals surface area (Å²) in [6.07, 6.45) is 1.00. The number of ketones is 1. The second-order valence-corrected chi connectivity index (χ2v) is 9.43. The Hall–Kier alpha value is -5.24. The lowest BCUT2D eigenvalue weighted by molar-refractivity contribution is -0.126. The fraction of sp³-hybridized carbons (Fsp3) is 0.152. The first-order valence-corrected chi connectivity index (χ1v) is 13.0. The Morgan fingerprint density at radius 1 is 0.878 bits per heavy atom. The smallest absolute Gasteiger partial charge is 0.336 e. The topological polar surface area (TPSA) is 134 Å². The van der Waals surface area contributed by atoms with Gasteiger partial charge in [-0.3, -0.25) is 14.4 Å². The Morgan fingerprint density at radius 3 is 2.27 bits per heavy atom. The van der Waals surface area contributed by atoms with Gasteiger partial charge in [-0.15, -0.1) is 0 Å². The van der Waals surface area contributed by atoms with Crippen molar-refractivity contribution in [1.29, 1.82) is 0 Å². The number of aromatic hydroxyl groups is 1. The van der Waals surface area contributed by atoms with Crippen LogP contribution in [0.1, 0.15) is 36.2 Å². The van der Waals surface area contributed by atoms with Crippen LogP contribution in [0.4, 0.5) is 0 Å². The van der Waals surface area contributed by atoms with E-state index in [1.54, 1.807) is 30.3 Å². The molecule has 208 valence electrons. The lowest BCUT2D eigenvalue weighted by atomic mass is 9.91. The van der Waals surface area contributed by atoms with Gasteiger partial charge in [0.25, 0.3) is 0 Å². The number of rotatable bonds is 7. The van der Waals surface area contributed by atoms with Crippen LogP contribution in [0.25, 0.3) is 33.4 Å². The molecule has 3 N–H and O–H groups in total. The summed E-state index contributed by atoms with van der Waals surface area (Å²) in [6.45, 7) is 3.24. The third kappa shape index (κ3) is 6.86. The van der Waals surface area contributed by atoms with E-state index in [9.17, 15) is 29.4 Å². The van der Waals surface area contributed by atoms with Gasteiger partial charge in [0.1, 0.15) is 17.1 Å². The van der Waals surface area contributed by atoms with Gasteiger partial charge in [0, 0.05) is 42.0 Å². The normalized spacial score (nSPS) is 11.4. The average Bonchev–Trinajstić information content (AvgIpc) is 2.95. The molecular formula is C33H29NO7. The monoisotopic (exact) mass is 551 g/mol. The van der Waals surface area contributed by atoms with Crippen molar-refractivity contribution in [1.82, 2.24) is 5.32 Å². The zero-order valence-corrected chi connectivity index (χ0v) is 22.6. The van der Waals surface area contributed by atoms with Crippen LogP contribution in [0.3, 0.4) is 0 Å². The van der Waals surface area contributed by atoms with Gasteiger partial charge in [0.15, 0.2) is 11.2 Å². The van der Waals surface area contributed by atoms with Crippen molar-refractivity contribution in [2.24, 2.45) is 0 Å². The van der Waals surface area contributed by atoms with Crippen LogP contribution in [-0.4, -0.2) is 33.9 Å². The summed E-state index contributed by atoms with van der Waals surface area (Å²) in [5.74, 6) is -0.786. The molecular weight excluding hydrogens is 522 g/mol. The standard InChI is InChI=1S/C20H12O5.C13H17NO2/c21-11-5-7-15-17(9-11)25-18-10-12(22)6-8-16(18)19(15)13-3-1-2-4-14(13)20(23)24;1-3-13(16)12(14-10(2)15)9-11-7-5-4-6-8-11/h1-10,21H,(H,23,24);4-8,12H,3,9H2,1-2H3,(H,14,15). The number of carboxylic acid groups (broad SMARTS) is 1. The lowest BCUT2D eigenvalue weighted by Gasteiger charge is -2.16. The molecule has 0 fully saturated rings. The van der Waals surface area contributed by atoms with E-state index in [1.807, 2.05) is 37.3 Å². The van der Waals surface area contributed by atoms with Crippen LogP contribution >= 0.6 is 0 Å². The largest absolute Gasteiger partial charge is 0.508 e. The highest BCUT2D eigenvalue weighted by atomic mass is 16.4. The van der Waals surface area contributed by atoms with Gasteiger partial charge < -0.3 is 19.9 Å². The van der Waals surface area contributed by atoms with E-state index in [0.29, 0.717) is 46.3 Å². The number of fused-ring (bicyclic) bond motifs is 2. The third-order valence-corrected chi connectivity index (χ3v) is 6.50. The maximum absolute atomic E-state index is 11.7. The number of carboxylic acids is 1. The van der Waals surface area contributed by atoms with Crippen molar-refractivity contribution in [3.05, 3.63) is 112 Å². The Kier molecular flexibility index (Phi) is 8.94. The SMILES string of the molecule is CCC(=O)C(Cc1ccccc1)NC(C)=O.O=C(O)c1ccccc1-c1c2ccc(=O)cc-2oc2cc(O)ccc12. The van der Waals surface area contributed by atoms with Crippen LogP contribution in [0.2, 0.25) is 0 Å². The summed E-state index contributed by atoms with van der Waals surface area (Å²) in [7, 11) is 0. The summed E-state index contributed by atoms with van der Waals surface area (Å²) in [5.41, 5.74) is 3.16. The molecule has 1 atom stereocenters. The van der Waals surface area contributed by atoms with Gasteiger partial charge in [0.05, 0.1) is 11.6 Å². The summed E-state index contributed by atoms with van der Waals surface area (Å²) in [4.78, 5) is 46.0. The van der Waals surface area contributed by atoms with Gasteiger partial charge in [0.2, 0.25) is 5.91 Å². The van der Waals surface area contributed by atoms with E-state index in [4.69, 9.17) is 4.42 Å². The Morgan fingerprint density at radius 2 is 1.59 bits per heavy atom. The summed E-state index contributed by atoms with van der Waals surface area (Å²) < 4.78 is 5.76. The van der Waals surface area contributed by atoms with Crippen LogP contribution in [-0.2, 0) is 16.0 Å². The molecule has 1 heterocycles.